The Morgan fingerprint density at radius 1 is 1.56 bits per heavy atom. The molecule has 2 aliphatic rings. The van der Waals surface area contributed by atoms with E-state index >= 15 is 0 Å². The van der Waals surface area contributed by atoms with Crippen LogP contribution in [0.15, 0.2) is 23.7 Å². The third-order valence-electron chi connectivity index (χ3n) is 3.03. The summed E-state index contributed by atoms with van der Waals surface area (Å²) >= 11 is 0. The number of nitrogens with one attached hydrogen (secondary N) is 3. The predicted molar refractivity (Wildman–Crippen MR) is 64.9 cm³/mol. The molecule has 0 spiro atoms. The van der Waals surface area contributed by atoms with Gasteiger partial charge in [0.15, 0.2) is 0 Å². The van der Waals surface area contributed by atoms with E-state index in [-0.39, 0.29) is 0 Å². The average Bonchev–Trinajstić information content (AvgIpc) is 2.65. The highest BCUT2D eigenvalue weighted by Crippen LogP contribution is 2.19. The maximum Gasteiger partial charge on any atom is 0.140 e. The number of hydrogen-bond donors (Lipinski definition) is 3. The summed E-state index contributed by atoms with van der Waals surface area (Å²) in [5, 5.41) is 11.0. The molecule has 0 atom stereocenters. The molecule has 1 fully saturated rings. The number of piperazine rings is 1. The van der Waals surface area contributed by atoms with Gasteiger partial charge in [0.05, 0.1) is 12.2 Å². The molecule has 0 amide bonds. The molecule has 5 heteroatoms. The van der Waals surface area contributed by atoms with Gasteiger partial charge in [-0.05, 0) is 6.42 Å². The van der Waals surface area contributed by atoms with Crippen LogP contribution >= 0.6 is 0 Å². The zero-order valence-corrected chi connectivity index (χ0v) is 10.1. The van der Waals surface area contributed by atoms with E-state index in [1.165, 1.54) is 11.3 Å². The molecule has 0 aliphatic carbocycles. The summed E-state index contributed by atoms with van der Waals surface area (Å²) < 4.78 is 0. The number of fused-ring (bicyclic) bond motifs is 1. The molecule has 2 heterocycles. The summed E-state index contributed by atoms with van der Waals surface area (Å²) in [6.07, 6.45) is 1.02. The second kappa shape index (κ2) is 4.76. The lowest BCUT2D eigenvalue weighted by Gasteiger charge is -2.28. The van der Waals surface area contributed by atoms with Crippen molar-refractivity contribution in [3.05, 3.63) is 23.7 Å². The lowest BCUT2D eigenvalue weighted by Crippen LogP contribution is -2.48. The number of rotatable bonds is 4. The predicted octanol–water partition coefficient (Wildman–Crippen LogP) is -0.0185. The zero-order chi connectivity index (χ0) is 11.5. The first kappa shape index (κ1) is 11.3. The normalized spacial score (nSPS) is 20.1. The van der Waals surface area contributed by atoms with Crippen molar-refractivity contribution in [2.75, 3.05) is 33.2 Å². The van der Waals surface area contributed by atoms with E-state index in [9.17, 15) is 0 Å². The molecule has 2 aliphatic heterocycles. The SMILES string of the molecule is C=C(CC)CN1NN2CCNCC2=C1NC. The fourth-order valence-corrected chi connectivity index (χ4v) is 2.03. The van der Waals surface area contributed by atoms with Gasteiger partial charge in [-0.25, -0.2) is 0 Å². The summed E-state index contributed by atoms with van der Waals surface area (Å²) in [5.41, 5.74) is 5.91. The Balaban J connectivity index is 2.10. The van der Waals surface area contributed by atoms with Crippen molar-refractivity contribution in [2.45, 2.75) is 13.3 Å². The second-order valence-corrected chi connectivity index (χ2v) is 4.16. The van der Waals surface area contributed by atoms with E-state index in [4.69, 9.17) is 0 Å². The smallest absolute Gasteiger partial charge is 0.140 e. The van der Waals surface area contributed by atoms with Crippen LogP contribution in [0.3, 0.4) is 0 Å². The van der Waals surface area contributed by atoms with Crippen molar-refractivity contribution in [1.29, 1.82) is 0 Å². The maximum absolute atomic E-state index is 4.06. The van der Waals surface area contributed by atoms with Gasteiger partial charge in [-0.15, -0.1) is 5.53 Å². The molecule has 0 aromatic carbocycles. The number of hydrazine groups is 2. The molecule has 1 saturated heterocycles. The van der Waals surface area contributed by atoms with Crippen molar-refractivity contribution < 1.29 is 0 Å². The summed E-state index contributed by atoms with van der Waals surface area (Å²) in [5.74, 6) is 1.15. The van der Waals surface area contributed by atoms with Gasteiger partial charge >= 0.3 is 0 Å². The fourth-order valence-electron chi connectivity index (χ4n) is 2.03. The van der Waals surface area contributed by atoms with Crippen LogP contribution in [0.25, 0.3) is 0 Å². The first-order valence-corrected chi connectivity index (χ1v) is 5.86. The van der Waals surface area contributed by atoms with Crippen molar-refractivity contribution in [3.8, 4) is 0 Å². The molecule has 0 unspecified atom stereocenters. The van der Waals surface area contributed by atoms with Crippen molar-refractivity contribution in [2.24, 2.45) is 0 Å². The molecular weight excluding hydrogens is 202 g/mol. The Kier molecular flexibility index (Phi) is 3.36. The van der Waals surface area contributed by atoms with E-state index in [2.05, 4.69) is 39.7 Å². The van der Waals surface area contributed by atoms with Crippen molar-refractivity contribution >= 4 is 0 Å². The van der Waals surface area contributed by atoms with E-state index in [1.807, 2.05) is 7.05 Å². The molecule has 3 N–H and O–H groups in total. The van der Waals surface area contributed by atoms with E-state index < -0.39 is 0 Å². The summed E-state index contributed by atoms with van der Waals surface area (Å²) in [6, 6.07) is 0. The van der Waals surface area contributed by atoms with Crippen LogP contribution in [0.5, 0.6) is 0 Å². The minimum Gasteiger partial charge on any atom is -0.372 e. The molecular formula is C11H21N5. The first-order valence-electron chi connectivity index (χ1n) is 5.86. The van der Waals surface area contributed by atoms with Gasteiger partial charge in [0, 0.05) is 26.7 Å². The van der Waals surface area contributed by atoms with Crippen LogP contribution < -0.4 is 16.2 Å². The van der Waals surface area contributed by atoms with E-state index in [1.54, 1.807) is 0 Å². The topological polar surface area (TPSA) is 42.6 Å². The minimum absolute atomic E-state index is 0.854. The van der Waals surface area contributed by atoms with Gasteiger partial charge in [0.1, 0.15) is 5.82 Å². The largest absolute Gasteiger partial charge is 0.372 e. The third-order valence-corrected chi connectivity index (χ3v) is 3.03. The maximum atomic E-state index is 4.06. The Bertz CT molecular complexity index is 309. The third kappa shape index (κ3) is 2.01. The van der Waals surface area contributed by atoms with Gasteiger partial charge in [-0.1, -0.05) is 19.1 Å². The van der Waals surface area contributed by atoms with Crippen molar-refractivity contribution in [1.82, 2.24) is 26.2 Å². The van der Waals surface area contributed by atoms with Gasteiger partial charge in [0.2, 0.25) is 0 Å². The lowest BCUT2D eigenvalue weighted by atomic mass is 10.2. The van der Waals surface area contributed by atoms with Crippen LogP contribution in [-0.4, -0.2) is 43.2 Å². The van der Waals surface area contributed by atoms with Gasteiger partial charge < -0.3 is 10.6 Å². The molecule has 0 aromatic rings. The Labute approximate surface area is 97.1 Å². The Morgan fingerprint density at radius 3 is 3.06 bits per heavy atom. The van der Waals surface area contributed by atoms with E-state index in [0.717, 1.165) is 38.4 Å². The monoisotopic (exact) mass is 223 g/mol. The van der Waals surface area contributed by atoms with Gasteiger partial charge in [0.25, 0.3) is 0 Å². The molecule has 0 bridgehead atoms. The van der Waals surface area contributed by atoms with Crippen molar-refractivity contribution in [3.63, 3.8) is 0 Å². The number of hydrogen-bond acceptors (Lipinski definition) is 5. The van der Waals surface area contributed by atoms with E-state index in [0.29, 0.717) is 0 Å². The molecule has 16 heavy (non-hydrogen) atoms. The molecule has 0 radical (unpaired) electrons. The lowest BCUT2D eigenvalue weighted by molar-refractivity contribution is 0.118. The second-order valence-electron chi connectivity index (χ2n) is 4.16. The molecule has 5 nitrogen and oxygen atoms in total. The minimum atomic E-state index is 0.854. The van der Waals surface area contributed by atoms with Crippen LogP contribution in [-0.2, 0) is 0 Å². The summed E-state index contributed by atoms with van der Waals surface area (Å²) in [6.45, 7) is 9.98. The Morgan fingerprint density at radius 2 is 2.38 bits per heavy atom. The van der Waals surface area contributed by atoms with Crippen LogP contribution in [0, 0.1) is 0 Å². The van der Waals surface area contributed by atoms with Crippen LogP contribution in [0.1, 0.15) is 13.3 Å². The summed E-state index contributed by atoms with van der Waals surface area (Å²) in [7, 11) is 1.96. The molecule has 2 rings (SSSR count). The standard InChI is InChI=1S/C11H21N5/c1-4-9(2)8-16-11(12-3)10-7-13-5-6-15(10)14-16/h12-14H,2,4-8H2,1,3H3. The highest BCUT2D eigenvalue weighted by Gasteiger charge is 2.29. The van der Waals surface area contributed by atoms with Crippen LogP contribution in [0.4, 0.5) is 0 Å². The highest BCUT2D eigenvalue weighted by atomic mass is 15.8. The molecule has 90 valence electrons. The molecule has 0 aromatic heterocycles. The fraction of sp³-hybridized carbons (Fsp3) is 0.636. The van der Waals surface area contributed by atoms with Crippen LogP contribution in [0.2, 0.25) is 0 Å². The van der Waals surface area contributed by atoms with Gasteiger partial charge in [-0.3, -0.25) is 10.0 Å². The van der Waals surface area contributed by atoms with Gasteiger partial charge in [-0.2, -0.15) is 0 Å². The highest BCUT2D eigenvalue weighted by molar-refractivity contribution is 5.18. The Hall–Kier alpha value is -1.20. The zero-order valence-electron chi connectivity index (χ0n) is 10.1. The average molecular weight is 223 g/mol. The number of nitrogens with zero attached hydrogens (tertiary/aromatic N) is 2. The molecule has 0 saturated carbocycles. The summed E-state index contributed by atoms with van der Waals surface area (Å²) in [4.78, 5) is 0. The quantitative estimate of drug-likeness (QED) is 0.585. The first-order chi connectivity index (χ1) is 7.76.